The van der Waals surface area contributed by atoms with Crippen molar-refractivity contribution >= 4 is 29.2 Å². The van der Waals surface area contributed by atoms with Crippen molar-refractivity contribution in [1.29, 1.82) is 0 Å². The number of rotatable bonds is 16. The lowest BCUT2D eigenvalue weighted by Gasteiger charge is -2.25. The maximum Gasteiger partial charge on any atom is 0.417 e. The van der Waals surface area contributed by atoms with Crippen LogP contribution in [0, 0.1) is 5.92 Å². The summed E-state index contributed by atoms with van der Waals surface area (Å²) in [4.78, 5) is 42.3. The smallest absolute Gasteiger partial charge is 0.417 e. The van der Waals surface area contributed by atoms with Crippen molar-refractivity contribution < 1.29 is 23.9 Å². The third-order valence-electron chi connectivity index (χ3n) is 7.95. The molecule has 3 amide bonds. The normalized spacial score (nSPS) is 16.1. The van der Waals surface area contributed by atoms with Crippen LogP contribution < -0.4 is 5.32 Å². The number of nitrogens with zero attached hydrogens (tertiary/aromatic N) is 1. The van der Waals surface area contributed by atoms with Crippen LogP contribution in [-0.2, 0) is 38.3 Å². The molecule has 7 nitrogen and oxygen atoms in total. The van der Waals surface area contributed by atoms with Gasteiger partial charge in [0.15, 0.2) is 0 Å². The van der Waals surface area contributed by atoms with Gasteiger partial charge in [-0.15, -0.1) is 11.3 Å². The molecule has 230 valence electrons. The Balaban J connectivity index is 1.40. The van der Waals surface area contributed by atoms with Crippen LogP contribution in [0.15, 0.2) is 66.7 Å². The Hall–Kier alpha value is -3.49. The van der Waals surface area contributed by atoms with E-state index >= 15 is 0 Å². The van der Waals surface area contributed by atoms with Crippen molar-refractivity contribution in [2.75, 3.05) is 20.3 Å². The number of hydrogen-bond acceptors (Lipinski definition) is 6. The number of hydrogen-bond donors (Lipinski definition) is 1. The van der Waals surface area contributed by atoms with Crippen molar-refractivity contribution in [2.24, 2.45) is 5.92 Å². The van der Waals surface area contributed by atoms with Gasteiger partial charge in [-0.2, -0.15) is 0 Å². The minimum atomic E-state index is -0.785. The third kappa shape index (κ3) is 9.00. The largest absolute Gasteiger partial charge is 0.447 e. The fourth-order valence-corrected chi connectivity index (χ4v) is 6.69. The quantitative estimate of drug-likeness (QED) is 0.181. The number of imide groups is 1. The monoisotopic (exact) mass is 604 g/mol. The van der Waals surface area contributed by atoms with Crippen molar-refractivity contribution in [3.63, 3.8) is 0 Å². The Labute approximate surface area is 259 Å². The first-order valence-corrected chi connectivity index (χ1v) is 16.3. The summed E-state index contributed by atoms with van der Waals surface area (Å²) >= 11 is 1.72. The van der Waals surface area contributed by atoms with Gasteiger partial charge in [0.05, 0.1) is 6.04 Å². The van der Waals surface area contributed by atoms with Crippen LogP contribution >= 0.6 is 11.3 Å². The van der Waals surface area contributed by atoms with Gasteiger partial charge in [-0.05, 0) is 55.0 Å². The predicted octanol–water partition coefficient (Wildman–Crippen LogP) is 6.83. The summed E-state index contributed by atoms with van der Waals surface area (Å²) in [6.07, 6.45) is 5.78. The Morgan fingerprint density at radius 1 is 0.977 bits per heavy atom. The lowest BCUT2D eigenvalue weighted by Crippen LogP contribution is -2.47. The second kappa shape index (κ2) is 16.4. The van der Waals surface area contributed by atoms with Gasteiger partial charge in [0.2, 0.25) is 5.91 Å². The molecule has 2 aromatic carbocycles. The molecule has 0 aliphatic carbocycles. The average molecular weight is 605 g/mol. The Bertz CT molecular complexity index is 1320. The highest BCUT2D eigenvalue weighted by atomic mass is 32.1. The minimum Gasteiger partial charge on any atom is -0.447 e. The number of thiophene rings is 1. The molecule has 43 heavy (non-hydrogen) atoms. The molecule has 0 bridgehead atoms. The van der Waals surface area contributed by atoms with Crippen molar-refractivity contribution in [3.05, 3.63) is 82.7 Å². The lowest BCUT2D eigenvalue weighted by molar-refractivity contribution is -0.141. The highest BCUT2D eigenvalue weighted by Gasteiger charge is 2.41. The molecule has 0 saturated carbocycles. The summed E-state index contributed by atoms with van der Waals surface area (Å²) in [7, 11) is 1.71. The predicted molar refractivity (Wildman–Crippen MR) is 171 cm³/mol. The summed E-state index contributed by atoms with van der Waals surface area (Å²) in [6, 6.07) is 21.8. The van der Waals surface area contributed by atoms with E-state index in [1.807, 2.05) is 49.4 Å². The molecule has 1 N–H and O–H groups in total. The second-order valence-corrected chi connectivity index (χ2v) is 12.3. The van der Waals surface area contributed by atoms with Crippen molar-refractivity contribution in [2.45, 2.75) is 77.4 Å². The number of carbonyl (C=O) groups is 3. The molecule has 1 aliphatic rings. The number of cyclic esters (lactones) is 1. The maximum atomic E-state index is 13.6. The molecule has 4 rings (SSSR count). The van der Waals surface area contributed by atoms with Crippen LogP contribution in [0.5, 0.6) is 0 Å². The molecule has 1 saturated heterocycles. The van der Waals surface area contributed by atoms with E-state index in [9.17, 15) is 14.4 Å². The van der Waals surface area contributed by atoms with Gasteiger partial charge < -0.3 is 14.8 Å². The van der Waals surface area contributed by atoms with E-state index < -0.39 is 12.2 Å². The molecule has 1 aliphatic heterocycles. The van der Waals surface area contributed by atoms with E-state index in [1.165, 1.54) is 22.6 Å². The molecule has 1 aromatic heterocycles. The lowest BCUT2D eigenvalue weighted by atomic mass is 9.96. The molecule has 0 radical (unpaired) electrons. The van der Waals surface area contributed by atoms with Crippen molar-refractivity contribution in [3.8, 4) is 10.4 Å². The first-order chi connectivity index (χ1) is 20.9. The zero-order valence-corrected chi connectivity index (χ0v) is 26.4. The summed E-state index contributed by atoms with van der Waals surface area (Å²) < 4.78 is 11.1. The summed E-state index contributed by atoms with van der Waals surface area (Å²) in [5.41, 5.74) is 3.08. The number of ether oxygens (including phenoxy) is 2. The maximum absolute atomic E-state index is 13.6. The fraction of sp³-hybridized carbons (Fsp3) is 0.457. The fourth-order valence-electron chi connectivity index (χ4n) is 5.59. The summed E-state index contributed by atoms with van der Waals surface area (Å²) in [5, 5.41) is 2.84. The second-order valence-electron chi connectivity index (χ2n) is 11.1. The van der Waals surface area contributed by atoms with Gasteiger partial charge in [0, 0.05) is 35.7 Å². The van der Waals surface area contributed by atoms with Crippen LogP contribution in [0.25, 0.3) is 10.4 Å². The van der Waals surface area contributed by atoms with Gasteiger partial charge in [-0.1, -0.05) is 87.2 Å². The van der Waals surface area contributed by atoms with E-state index in [2.05, 4.69) is 36.5 Å². The topological polar surface area (TPSA) is 84.9 Å². The highest BCUT2D eigenvalue weighted by Crippen LogP contribution is 2.31. The van der Waals surface area contributed by atoms with E-state index in [0.717, 1.165) is 47.3 Å². The van der Waals surface area contributed by atoms with Crippen LogP contribution in [-0.4, -0.2) is 55.2 Å². The molecule has 0 spiro atoms. The zero-order valence-electron chi connectivity index (χ0n) is 25.6. The molecular formula is C35H44N2O5S. The molecular weight excluding hydrogens is 560 g/mol. The Morgan fingerprint density at radius 3 is 2.44 bits per heavy atom. The van der Waals surface area contributed by atoms with Crippen molar-refractivity contribution in [1.82, 2.24) is 10.2 Å². The first-order valence-electron chi connectivity index (χ1n) is 15.5. The van der Waals surface area contributed by atoms with Gasteiger partial charge in [-0.25, -0.2) is 9.69 Å². The number of amides is 3. The zero-order chi connectivity index (χ0) is 30.6. The molecule has 3 atom stereocenters. The van der Waals surface area contributed by atoms with Crippen LogP contribution in [0.1, 0.15) is 62.0 Å². The molecule has 8 heteroatoms. The number of benzene rings is 2. The highest BCUT2D eigenvalue weighted by molar-refractivity contribution is 7.15. The number of unbranched alkanes of at least 4 members (excludes halogenated alkanes) is 3. The molecule has 2 heterocycles. The van der Waals surface area contributed by atoms with Crippen LogP contribution in [0.2, 0.25) is 0 Å². The van der Waals surface area contributed by atoms with E-state index in [4.69, 9.17) is 9.47 Å². The van der Waals surface area contributed by atoms with Gasteiger partial charge in [0.1, 0.15) is 12.7 Å². The van der Waals surface area contributed by atoms with E-state index in [1.54, 1.807) is 18.4 Å². The van der Waals surface area contributed by atoms with Gasteiger partial charge >= 0.3 is 6.09 Å². The summed E-state index contributed by atoms with van der Waals surface area (Å²) in [6.45, 7) is 4.58. The third-order valence-corrected chi connectivity index (χ3v) is 9.10. The van der Waals surface area contributed by atoms with Crippen LogP contribution in [0.3, 0.4) is 0 Å². The Kier molecular flexibility index (Phi) is 12.4. The van der Waals surface area contributed by atoms with E-state index in [0.29, 0.717) is 19.4 Å². The number of nitrogens with one attached hydrogen (secondary N) is 1. The minimum absolute atomic E-state index is 0.0102. The van der Waals surface area contributed by atoms with E-state index in [-0.39, 0.29) is 30.4 Å². The first kappa shape index (κ1) is 32.4. The standard InChI is InChI=1S/C35H44N2O5S/c1-4-6-7-11-14-28(33(38)36-3)23-30-19-20-32(43-30)27-17-15-26(16-18-27)22-31(41-5-2)34(39)37-29(24-42-35(37)40)21-25-12-9-8-10-13-25/h8-10,12-13,15-20,28-29,31H,4-7,11,14,21-24H2,1-3H3,(H,36,38)/t28?,29-,31-/m0/s1. The average Bonchev–Trinajstić information content (AvgIpc) is 3.64. The molecule has 1 unspecified atom stereocenters. The van der Waals surface area contributed by atoms with Gasteiger partial charge in [-0.3, -0.25) is 9.59 Å². The Morgan fingerprint density at radius 2 is 1.74 bits per heavy atom. The SMILES string of the molecule is CCCCCCC(Cc1ccc(-c2ccc(C[C@H](OCC)C(=O)N3C(=O)OC[C@@H]3Cc3ccccc3)cc2)s1)C(=O)NC. The van der Waals surface area contributed by atoms with Gasteiger partial charge in [0.25, 0.3) is 5.91 Å². The number of carbonyl (C=O) groups excluding carboxylic acids is 3. The molecule has 3 aromatic rings. The van der Waals surface area contributed by atoms with Crippen LogP contribution in [0.4, 0.5) is 4.79 Å². The summed E-state index contributed by atoms with van der Waals surface area (Å²) in [5.74, 6) is -0.260. The molecule has 1 fully saturated rings.